The Morgan fingerprint density at radius 1 is 1.53 bits per heavy atom. The lowest BCUT2D eigenvalue weighted by molar-refractivity contribution is -0.147. The first-order valence-corrected chi connectivity index (χ1v) is 7.49. The van der Waals surface area contributed by atoms with Crippen LogP contribution in [0.2, 0.25) is 0 Å². The van der Waals surface area contributed by atoms with Crippen molar-refractivity contribution < 1.29 is 14.3 Å². The molecule has 3 rings (SSSR count). The summed E-state index contributed by atoms with van der Waals surface area (Å²) >= 11 is 1.62. The summed E-state index contributed by atoms with van der Waals surface area (Å²) in [5.41, 5.74) is 1.02. The zero-order valence-corrected chi connectivity index (χ0v) is 12.0. The number of aromatic nitrogens is 1. The molecule has 3 heterocycles. The molecule has 3 atom stereocenters. The molecule has 0 radical (unpaired) electrons. The summed E-state index contributed by atoms with van der Waals surface area (Å²) in [5, 5.41) is 3.03. The average Bonchev–Trinajstić information content (AvgIpc) is 2.96. The van der Waals surface area contributed by atoms with Gasteiger partial charge < -0.3 is 9.47 Å². The number of cyclic esters (lactones) is 1. The second-order valence-corrected chi connectivity index (χ2v) is 6.07. The molecule has 0 aliphatic carbocycles. The molecule has 0 saturated carbocycles. The van der Waals surface area contributed by atoms with Gasteiger partial charge in [0.2, 0.25) is 0 Å². The normalized spacial score (nSPS) is 32.5. The molecule has 0 N–H and O–H groups in total. The molecule has 2 saturated heterocycles. The SMILES string of the molecule is Cc1csc(C2CN(C3CC(C)OC3=O)CCO2)n1. The van der Waals surface area contributed by atoms with Crippen molar-refractivity contribution in [2.45, 2.75) is 38.5 Å². The fourth-order valence-corrected chi connectivity index (χ4v) is 3.49. The molecule has 0 spiro atoms. The largest absolute Gasteiger partial charge is 0.461 e. The first kappa shape index (κ1) is 13.0. The minimum atomic E-state index is -0.109. The van der Waals surface area contributed by atoms with Crippen LogP contribution >= 0.6 is 11.3 Å². The Morgan fingerprint density at radius 3 is 3.00 bits per heavy atom. The Balaban J connectivity index is 1.70. The van der Waals surface area contributed by atoms with Crippen molar-refractivity contribution in [3.05, 3.63) is 16.1 Å². The van der Waals surface area contributed by atoms with Gasteiger partial charge in [0.25, 0.3) is 0 Å². The maximum Gasteiger partial charge on any atom is 0.323 e. The van der Waals surface area contributed by atoms with Crippen molar-refractivity contribution in [2.75, 3.05) is 19.7 Å². The third-order valence-electron chi connectivity index (χ3n) is 3.60. The van der Waals surface area contributed by atoms with Crippen LogP contribution in [-0.4, -0.2) is 47.7 Å². The van der Waals surface area contributed by atoms with E-state index in [2.05, 4.69) is 9.88 Å². The number of ether oxygens (including phenoxy) is 2. The fourth-order valence-electron chi connectivity index (χ4n) is 2.66. The highest BCUT2D eigenvalue weighted by Crippen LogP contribution is 2.29. The predicted molar refractivity (Wildman–Crippen MR) is 71.1 cm³/mol. The van der Waals surface area contributed by atoms with Crippen molar-refractivity contribution in [3.8, 4) is 0 Å². The van der Waals surface area contributed by atoms with Gasteiger partial charge in [-0.1, -0.05) is 0 Å². The highest BCUT2D eigenvalue weighted by atomic mass is 32.1. The second-order valence-electron chi connectivity index (χ2n) is 5.18. The third kappa shape index (κ3) is 2.66. The standard InChI is InChI=1S/C13H18N2O3S/c1-8-7-19-12(14-8)11-6-15(3-4-17-11)10-5-9(2)18-13(10)16/h7,9-11H,3-6H2,1-2H3. The number of nitrogens with zero attached hydrogens (tertiary/aromatic N) is 2. The second kappa shape index (κ2) is 5.19. The summed E-state index contributed by atoms with van der Waals surface area (Å²) in [6.07, 6.45) is 0.791. The van der Waals surface area contributed by atoms with E-state index >= 15 is 0 Å². The number of carbonyl (C=O) groups is 1. The number of aryl methyl sites for hydroxylation is 1. The van der Waals surface area contributed by atoms with E-state index in [-0.39, 0.29) is 24.2 Å². The Morgan fingerprint density at radius 2 is 2.37 bits per heavy atom. The third-order valence-corrected chi connectivity index (χ3v) is 4.65. The lowest BCUT2D eigenvalue weighted by Gasteiger charge is -2.34. The van der Waals surface area contributed by atoms with Crippen LogP contribution in [0.3, 0.4) is 0 Å². The Kier molecular flexibility index (Phi) is 3.56. The molecule has 1 aromatic rings. The molecule has 0 amide bonds. The highest BCUT2D eigenvalue weighted by Gasteiger charge is 2.39. The molecule has 2 aliphatic heterocycles. The lowest BCUT2D eigenvalue weighted by Crippen LogP contribution is -2.46. The van der Waals surface area contributed by atoms with Gasteiger partial charge in [0.05, 0.1) is 6.61 Å². The zero-order valence-electron chi connectivity index (χ0n) is 11.2. The monoisotopic (exact) mass is 282 g/mol. The van der Waals surface area contributed by atoms with E-state index in [0.29, 0.717) is 6.61 Å². The van der Waals surface area contributed by atoms with Gasteiger partial charge in [0.1, 0.15) is 23.3 Å². The van der Waals surface area contributed by atoms with E-state index in [1.165, 1.54) is 0 Å². The van der Waals surface area contributed by atoms with Gasteiger partial charge in [-0.2, -0.15) is 0 Å². The molecule has 6 heteroatoms. The number of rotatable bonds is 2. The van der Waals surface area contributed by atoms with E-state index in [4.69, 9.17) is 9.47 Å². The van der Waals surface area contributed by atoms with Crippen LogP contribution in [0.15, 0.2) is 5.38 Å². The van der Waals surface area contributed by atoms with E-state index < -0.39 is 0 Å². The van der Waals surface area contributed by atoms with Gasteiger partial charge in [-0.3, -0.25) is 9.69 Å². The number of hydrogen-bond donors (Lipinski definition) is 0. The quantitative estimate of drug-likeness (QED) is 0.770. The average molecular weight is 282 g/mol. The lowest BCUT2D eigenvalue weighted by atomic mass is 10.1. The molecule has 2 fully saturated rings. The Labute approximate surface area is 116 Å². The molecule has 5 nitrogen and oxygen atoms in total. The van der Waals surface area contributed by atoms with Crippen LogP contribution in [0.5, 0.6) is 0 Å². The Bertz CT molecular complexity index is 476. The number of hydrogen-bond acceptors (Lipinski definition) is 6. The van der Waals surface area contributed by atoms with Gasteiger partial charge in [-0.15, -0.1) is 11.3 Å². The molecular formula is C13H18N2O3S. The van der Waals surface area contributed by atoms with Gasteiger partial charge in [0.15, 0.2) is 0 Å². The number of carbonyl (C=O) groups excluding carboxylic acids is 1. The van der Waals surface area contributed by atoms with Crippen LogP contribution in [0.1, 0.15) is 30.2 Å². The molecular weight excluding hydrogens is 264 g/mol. The van der Waals surface area contributed by atoms with E-state index in [1.807, 2.05) is 19.2 Å². The van der Waals surface area contributed by atoms with Crippen LogP contribution < -0.4 is 0 Å². The minimum absolute atomic E-state index is 0.0174. The minimum Gasteiger partial charge on any atom is -0.461 e. The van der Waals surface area contributed by atoms with Crippen molar-refractivity contribution in [3.63, 3.8) is 0 Å². The summed E-state index contributed by atoms with van der Waals surface area (Å²) in [6.45, 7) is 6.07. The van der Waals surface area contributed by atoms with Crippen molar-refractivity contribution in [1.29, 1.82) is 0 Å². The fraction of sp³-hybridized carbons (Fsp3) is 0.692. The first-order chi connectivity index (χ1) is 9.13. The topological polar surface area (TPSA) is 51.7 Å². The van der Waals surface area contributed by atoms with Crippen LogP contribution in [0.4, 0.5) is 0 Å². The van der Waals surface area contributed by atoms with E-state index in [0.717, 1.165) is 30.2 Å². The summed E-state index contributed by atoms with van der Waals surface area (Å²) in [7, 11) is 0. The number of esters is 1. The first-order valence-electron chi connectivity index (χ1n) is 6.61. The summed E-state index contributed by atoms with van der Waals surface area (Å²) in [4.78, 5) is 18.5. The summed E-state index contributed by atoms with van der Waals surface area (Å²) in [6, 6.07) is -0.109. The summed E-state index contributed by atoms with van der Waals surface area (Å²) in [5.74, 6) is -0.0940. The molecule has 2 aliphatic rings. The molecule has 0 bridgehead atoms. The van der Waals surface area contributed by atoms with Gasteiger partial charge >= 0.3 is 5.97 Å². The smallest absolute Gasteiger partial charge is 0.323 e. The molecule has 104 valence electrons. The number of morpholine rings is 1. The van der Waals surface area contributed by atoms with Crippen LogP contribution in [0.25, 0.3) is 0 Å². The van der Waals surface area contributed by atoms with Gasteiger partial charge in [-0.25, -0.2) is 4.98 Å². The van der Waals surface area contributed by atoms with Gasteiger partial charge in [-0.05, 0) is 13.8 Å². The predicted octanol–water partition coefficient (Wildman–Crippen LogP) is 1.53. The maximum absolute atomic E-state index is 11.8. The van der Waals surface area contributed by atoms with Crippen molar-refractivity contribution in [2.24, 2.45) is 0 Å². The summed E-state index contributed by atoms with van der Waals surface area (Å²) < 4.78 is 11.0. The number of thiazole rings is 1. The molecule has 1 aromatic heterocycles. The zero-order chi connectivity index (χ0) is 13.4. The molecule has 19 heavy (non-hydrogen) atoms. The van der Waals surface area contributed by atoms with Crippen LogP contribution in [0, 0.1) is 6.92 Å². The van der Waals surface area contributed by atoms with Crippen molar-refractivity contribution in [1.82, 2.24) is 9.88 Å². The van der Waals surface area contributed by atoms with Gasteiger partial charge in [0, 0.05) is 30.6 Å². The van der Waals surface area contributed by atoms with E-state index in [9.17, 15) is 4.79 Å². The highest BCUT2D eigenvalue weighted by molar-refractivity contribution is 7.09. The Hall–Kier alpha value is -0.980. The molecule has 3 unspecified atom stereocenters. The maximum atomic E-state index is 11.8. The van der Waals surface area contributed by atoms with Crippen molar-refractivity contribution >= 4 is 17.3 Å². The van der Waals surface area contributed by atoms with Crippen LogP contribution in [-0.2, 0) is 14.3 Å². The van der Waals surface area contributed by atoms with E-state index in [1.54, 1.807) is 11.3 Å². The molecule has 0 aromatic carbocycles.